The van der Waals surface area contributed by atoms with Gasteiger partial charge in [-0.1, -0.05) is 17.2 Å². The molecule has 3 heteroatoms. The van der Waals surface area contributed by atoms with Crippen molar-refractivity contribution in [1.29, 1.82) is 0 Å². The van der Waals surface area contributed by atoms with E-state index in [9.17, 15) is 9.90 Å². The average molecular weight is 240 g/mol. The Balaban J connectivity index is 3.78. The molecule has 0 rings (SSSR count). The Bertz CT molecular complexity index is 279. The van der Waals surface area contributed by atoms with Crippen molar-refractivity contribution in [1.82, 2.24) is 0 Å². The fraction of sp³-hybridized carbons (Fsp3) is 0.643. The lowest BCUT2D eigenvalue weighted by Crippen LogP contribution is -2.14. The molecule has 0 aromatic heterocycles. The van der Waals surface area contributed by atoms with Crippen molar-refractivity contribution in [3.63, 3.8) is 0 Å². The van der Waals surface area contributed by atoms with E-state index in [1.165, 1.54) is 18.3 Å². The number of hydrogen-bond acceptors (Lipinski definition) is 3. The summed E-state index contributed by atoms with van der Waals surface area (Å²) in [6.45, 7) is 7.91. The molecule has 0 aliphatic carbocycles. The van der Waals surface area contributed by atoms with E-state index in [2.05, 4.69) is 17.4 Å². The quantitative estimate of drug-likeness (QED) is 0.524. The van der Waals surface area contributed by atoms with Gasteiger partial charge in [0.15, 0.2) is 0 Å². The molecule has 3 nitrogen and oxygen atoms in total. The maximum absolute atomic E-state index is 10.9. The van der Waals surface area contributed by atoms with Gasteiger partial charge in [0.05, 0.1) is 19.6 Å². The second kappa shape index (κ2) is 8.99. The van der Waals surface area contributed by atoms with Crippen LogP contribution >= 0.6 is 0 Å². The summed E-state index contributed by atoms with van der Waals surface area (Å²) < 4.78 is 4.50. The molecule has 0 saturated heterocycles. The molecule has 0 saturated carbocycles. The number of methoxy groups -OCH3 is 1. The van der Waals surface area contributed by atoms with Gasteiger partial charge in [-0.25, -0.2) is 0 Å². The van der Waals surface area contributed by atoms with Crippen LogP contribution in [0.5, 0.6) is 0 Å². The van der Waals surface area contributed by atoms with Gasteiger partial charge in [0, 0.05) is 0 Å². The van der Waals surface area contributed by atoms with E-state index in [0.29, 0.717) is 6.42 Å². The van der Waals surface area contributed by atoms with Crippen molar-refractivity contribution < 1.29 is 14.6 Å². The lowest BCUT2D eigenvalue weighted by atomic mass is 10.0. The lowest BCUT2D eigenvalue weighted by molar-refractivity contribution is -0.142. The molecule has 0 unspecified atom stereocenters. The lowest BCUT2D eigenvalue weighted by Gasteiger charge is -2.09. The third-order valence-corrected chi connectivity index (χ3v) is 2.57. The zero-order chi connectivity index (χ0) is 13.3. The Kier molecular flexibility index (Phi) is 8.42. The Morgan fingerprint density at radius 2 is 2.06 bits per heavy atom. The van der Waals surface area contributed by atoms with Crippen LogP contribution in [-0.4, -0.2) is 24.3 Å². The molecule has 0 heterocycles. The molecule has 0 aliphatic rings. The van der Waals surface area contributed by atoms with E-state index in [-0.39, 0.29) is 12.4 Å². The van der Waals surface area contributed by atoms with Crippen LogP contribution in [0.4, 0.5) is 0 Å². The van der Waals surface area contributed by atoms with E-state index in [0.717, 1.165) is 19.3 Å². The van der Waals surface area contributed by atoms with Gasteiger partial charge in [-0.3, -0.25) is 4.79 Å². The number of ether oxygens (including phenoxy) is 1. The number of aliphatic hydroxyl groups is 1. The number of carbonyl (C=O) groups excluding carboxylic acids is 1. The number of esters is 1. The summed E-state index contributed by atoms with van der Waals surface area (Å²) in [5.74, 6) is -0.360. The van der Waals surface area contributed by atoms with Crippen molar-refractivity contribution in [2.75, 3.05) is 7.11 Å². The highest BCUT2D eigenvalue weighted by Gasteiger charge is 2.10. The number of rotatable bonds is 8. The Morgan fingerprint density at radius 3 is 2.59 bits per heavy atom. The molecule has 1 N–H and O–H groups in total. The van der Waals surface area contributed by atoms with Crippen LogP contribution < -0.4 is 0 Å². The van der Waals surface area contributed by atoms with Crippen LogP contribution in [0.1, 0.15) is 46.0 Å². The Morgan fingerprint density at radius 1 is 1.41 bits per heavy atom. The second-order valence-corrected chi connectivity index (χ2v) is 4.52. The van der Waals surface area contributed by atoms with E-state index in [1.54, 1.807) is 0 Å². The molecule has 98 valence electrons. The maximum atomic E-state index is 10.9. The standard InChI is InChI=1S/C14H24O3/c1-11(2)6-5-7-12(3)8-9-13(15)10-14(16)17-4/h7,13,15H,1,5-6,8-10H2,2-4H3/b12-7+/t13-/m1/s1. The van der Waals surface area contributed by atoms with Crippen molar-refractivity contribution in [3.05, 3.63) is 23.8 Å². The summed E-state index contributed by atoms with van der Waals surface area (Å²) >= 11 is 0. The highest BCUT2D eigenvalue weighted by atomic mass is 16.5. The Labute approximate surface area is 104 Å². The van der Waals surface area contributed by atoms with E-state index in [1.807, 2.05) is 13.8 Å². The molecule has 0 amide bonds. The van der Waals surface area contributed by atoms with E-state index in [4.69, 9.17) is 0 Å². The van der Waals surface area contributed by atoms with Gasteiger partial charge < -0.3 is 9.84 Å². The van der Waals surface area contributed by atoms with E-state index < -0.39 is 6.10 Å². The van der Waals surface area contributed by atoms with Gasteiger partial charge in [-0.2, -0.15) is 0 Å². The van der Waals surface area contributed by atoms with Crippen molar-refractivity contribution >= 4 is 5.97 Å². The smallest absolute Gasteiger partial charge is 0.308 e. The molecule has 0 bridgehead atoms. The Hall–Kier alpha value is -1.09. The zero-order valence-electron chi connectivity index (χ0n) is 11.2. The predicted molar refractivity (Wildman–Crippen MR) is 69.7 cm³/mol. The highest BCUT2D eigenvalue weighted by molar-refractivity contribution is 5.69. The molecular weight excluding hydrogens is 216 g/mol. The maximum Gasteiger partial charge on any atom is 0.308 e. The third kappa shape index (κ3) is 9.82. The van der Waals surface area contributed by atoms with Gasteiger partial charge >= 0.3 is 5.97 Å². The van der Waals surface area contributed by atoms with Crippen LogP contribution in [-0.2, 0) is 9.53 Å². The molecule has 0 spiro atoms. The largest absolute Gasteiger partial charge is 0.469 e. The topological polar surface area (TPSA) is 46.5 Å². The normalized spacial score (nSPS) is 13.3. The third-order valence-electron chi connectivity index (χ3n) is 2.57. The van der Waals surface area contributed by atoms with E-state index >= 15 is 0 Å². The minimum absolute atomic E-state index is 0.0789. The van der Waals surface area contributed by atoms with Gasteiger partial charge in [0.2, 0.25) is 0 Å². The summed E-state index contributed by atoms with van der Waals surface area (Å²) in [6.07, 6.45) is 5.05. The molecular formula is C14H24O3. The van der Waals surface area contributed by atoms with Gasteiger partial charge in [-0.15, -0.1) is 6.58 Å². The monoisotopic (exact) mass is 240 g/mol. The van der Waals surface area contributed by atoms with Gasteiger partial charge in [-0.05, 0) is 39.5 Å². The molecule has 17 heavy (non-hydrogen) atoms. The summed E-state index contributed by atoms with van der Waals surface area (Å²) in [5, 5.41) is 9.57. The first-order chi connectivity index (χ1) is 7.95. The first kappa shape index (κ1) is 15.9. The van der Waals surface area contributed by atoms with Crippen LogP contribution in [0.15, 0.2) is 23.8 Å². The number of allylic oxidation sites excluding steroid dienone is 3. The van der Waals surface area contributed by atoms with Crippen molar-refractivity contribution in [3.8, 4) is 0 Å². The average Bonchev–Trinajstić information content (AvgIpc) is 2.25. The number of hydrogen-bond donors (Lipinski definition) is 1. The second-order valence-electron chi connectivity index (χ2n) is 4.52. The molecule has 0 aromatic carbocycles. The molecule has 1 atom stereocenters. The van der Waals surface area contributed by atoms with Crippen molar-refractivity contribution in [2.24, 2.45) is 0 Å². The predicted octanol–water partition coefficient (Wildman–Crippen LogP) is 2.99. The van der Waals surface area contributed by atoms with Crippen molar-refractivity contribution in [2.45, 2.75) is 52.1 Å². The van der Waals surface area contributed by atoms with Crippen LogP contribution in [0.3, 0.4) is 0 Å². The summed E-state index contributed by atoms with van der Waals surface area (Å²) in [4.78, 5) is 10.9. The molecule has 0 aliphatic heterocycles. The SMILES string of the molecule is C=C(C)CC/C=C(\C)CC[C@@H](O)CC(=O)OC. The van der Waals surface area contributed by atoms with Crippen LogP contribution in [0.25, 0.3) is 0 Å². The molecule has 0 aromatic rings. The molecule has 0 fully saturated rings. The van der Waals surface area contributed by atoms with Gasteiger partial charge in [0.1, 0.15) is 0 Å². The first-order valence-corrected chi connectivity index (χ1v) is 6.00. The number of carbonyl (C=O) groups is 1. The fourth-order valence-corrected chi connectivity index (χ4v) is 1.44. The first-order valence-electron chi connectivity index (χ1n) is 6.00. The highest BCUT2D eigenvalue weighted by Crippen LogP contribution is 2.12. The minimum Gasteiger partial charge on any atom is -0.469 e. The summed E-state index contributed by atoms with van der Waals surface area (Å²) in [6, 6.07) is 0. The molecule has 0 radical (unpaired) electrons. The summed E-state index contributed by atoms with van der Waals surface area (Å²) in [7, 11) is 1.33. The zero-order valence-corrected chi connectivity index (χ0v) is 11.2. The van der Waals surface area contributed by atoms with Gasteiger partial charge in [0.25, 0.3) is 0 Å². The number of aliphatic hydroxyl groups excluding tert-OH is 1. The van der Waals surface area contributed by atoms with Crippen LogP contribution in [0, 0.1) is 0 Å². The fourth-order valence-electron chi connectivity index (χ4n) is 1.44. The minimum atomic E-state index is -0.605. The van der Waals surface area contributed by atoms with Crippen LogP contribution in [0.2, 0.25) is 0 Å². The summed E-state index contributed by atoms with van der Waals surface area (Å²) in [5.41, 5.74) is 2.43.